The molecule has 0 bridgehead atoms. The third kappa shape index (κ3) is 3.04. The second kappa shape index (κ2) is 4.65. The number of hydrazone groups is 1. The molecule has 1 aliphatic heterocycles. The molecular weight excluding hydrogens is 220 g/mol. The van der Waals surface area contributed by atoms with E-state index >= 15 is 0 Å². The lowest BCUT2D eigenvalue weighted by Gasteiger charge is -2.14. The molecule has 1 heterocycles. The van der Waals surface area contributed by atoms with Crippen molar-refractivity contribution in [2.75, 3.05) is 5.43 Å². The molecule has 0 spiro atoms. The van der Waals surface area contributed by atoms with E-state index < -0.39 is 6.03 Å². The van der Waals surface area contributed by atoms with Crippen LogP contribution in [0.2, 0.25) is 0 Å². The van der Waals surface area contributed by atoms with Gasteiger partial charge in [0.2, 0.25) is 5.91 Å². The molecule has 3 amide bonds. The molecule has 1 fully saturated rings. The number of anilines is 1. The predicted molar refractivity (Wildman–Crippen MR) is 63.5 cm³/mol. The number of urea groups is 1. The number of hydrogen-bond acceptors (Lipinski definition) is 4. The molecule has 0 radical (unpaired) electrons. The maximum absolute atomic E-state index is 11.1. The zero-order chi connectivity index (χ0) is 12.3. The molecule has 1 aromatic rings. The van der Waals surface area contributed by atoms with Crippen molar-refractivity contribution in [3.05, 3.63) is 29.8 Å². The quantitative estimate of drug-likeness (QED) is 0.664. The molecule has 1 aliphatic rings. The molecule has 0 aromatic heterocycles. The first-order valence-electron chi connectivity index (χ1n) is 5.13. The van der Waals surface area contributed by atoms with Crippen molar-refractivity contribution in [1.82, 2.24) is 10.6 Å². The summed E-state index contributed by atoms with van der Waals surface area (Å²) in [4.78, 5) is 22.0. The van der Waals surface area contributed by atoms with Crippen LogP contribution in [0.3, 0.4) is 0 Å². The summed E-state index contributed by atoms with van der Waals surface area (Å²) >= 11 is 0. The first kappa shape index (κ1) is 11.1. The normalized spacial score (nSPS) is 17.6. The predicted octanol–water partition coefficient (Wildman–Crippen LogP) is 0.950. The van der Waals surface area contributed by atoms with Crippen molar-refractivity contribution < 1.29 is 9.59 Å². The van der Waals surface area contributed by atoms with E-state index in [1.807, 2.05) is 31.2 Å². The second-order valence-electron chi connectivity index (χ2n) is 3.72. The molecule has 1 saturated heterocycles. The van der Waals surface area contributed by atoms with E-state index in [4.69, 9.17) is 0 Å². The van der Waals surface area contributed by atoms with Gasteiger partial charge in [-0.05, 0) is 19.1 Å². The minimum Gasteiger partial charge on any atom is -0.294 e. The Morgan fingerprint density at radius 3 is 2.53 bits per heavy atom. The fourth-order valence-electron chi connectivity index (χ4n) is 1.36. The van der Waals surface area contributed by atoms with Gasteiger partial charge < -0.3 is 0 Å². The van der Waals surface area contributed by atoms with Crippen molar-refractivity contribution in [3.63, 3.8) is 0 Å². The number of benzene rings is 1. The van der Waals surface area contributed by atoms with E-state index in [2.05, 4.69) is 21.2 Å². The molecule has 0 saturated carbocycles. The van der Waals surface area contributed by atoms with Crippen LogP contribution in [0.1, 0.15) is 12.0 Å². The van der Waals surface area contributed by atoms with Gasteiger partial charge in [-0.15, -0.1) is 0 Å². The lowest BCUT2D eigenvalue weighted by atomic mass is 10.2. The summed E-state index contributed by atoms with van der Waals surface area (Å²) in [6, 6.07) is 7.06. The number of imide groups is 1. The molecule has 3 N–H and O–H groups in total. The topological polar surface area (TPSA) is 82.6 Å². The SMILES string of the molecule is Cc1ccc(NN=C2CC(=O)NC(=O)N2)cc1. The fourth-order valence-corrected chi connectivity index (χ4v) is 1.36. The first-order chi connectivity index (χ1) is 8.13. The number of aryl methyl sites for hydroxylation is 1. The van der Waals surface area contributed by atoms with Crippen LogP contribution in [0, 0.1) is 6.92 Å². The molecule has 2 rings (SSSR count). The average Bonchev–Trinajstić information content (AvgIpc) is 2.27. The minimum absolute atomic E-state index is 0.0601. The van der Waals surface area contributed by atoms with Gasteiger partial charge in [-0.1, -0.05) is 17.7 Å². The van der Waals surface area contributed by atoms with Gasteiger partial charge in [-0.3, -0.25) is 20.9 Å². The summed E-state index contributed by atoms with van der Waals surface area (Å²) in [7, 11) is 0. The van der Waals surface area contributed by atoms with Crippen LogP contribution in [0.15, 0.2) is 29.4 Å². The minimum atomic E-state index is -0.550. The summed E-state index contributed by atoms with van der Waals surface area (Å²) in [5, 5.41) is 8.52. The Morgan fingerprint density at radius 2 is 1.88 bits per heavy atom. The van der Waals surface area contributed by atoms with Crippen molar-refractivity contribution in [1.29, 1.82) is 0 Å². The molecule has 17 heavy (non-hydrogen) atoms. The smallest absolute Gasteiger partial charge is 0.294 e. The standard InChI is InChI=1S/C11H12N4O2/c1-7-2-4-8(5-3-7)14-15-9-6-10(16)13-11(17)12-9/h2-5,14H,6H2,1H3,(H2,12,13,15,16,17). The third-order valence-corrected chi connectivity index (χ3v) is 2.21. The van der Waals surface area contributed by atoms with Gasteiger partial charge in [0.05, 0.1) is 12.1 Å². The summed E-state index contributed by atoms with van der Waals surface area (Å²) in [5.41, 5.74) is 4.72. The molecule has 6 heteroatoms. The van der Waals surface area contributed by atoms with Gasteiger partial charge in [0.25, 0.3) is 0 Å². The van der Waals surface area contributed by atoms with E-state index in [1.54, 1.807) is 0 Å². The number of carbonyl (C=O) groups is 2. The van der Waals surface area contributed by atoms with Crippen molar-refractivity contribution >= 4 is 23.5 Å². The average molecular weight is 232 g/mol. The van der Waals surface area contributed by atoms with Gasteiger partial charge in [0.1, 0.15) is 5.84 Å². The molecular formula is C11H12N4O2. The molecule has 0 aliphatic carbocycles. The molecule has 6 nitrogen and oxygen atoms in total. The zero-order valence-corrected chi connectivity index (χ0v) is 9.28. The largest absolute Gasteiger partial charge is 0.326 e. The van der Waals surface area contributed by atoms with Crippen molar-refractivity contribution in [3.8, 4) is 0 Å². The van der Waals surface area contributed by atoms with E-state index in [-0.39, 0.29) is 12.3 Å². The molecule has 1 aromatic carbocycles. The van der Waals surface area contributed by atoms with Gasteiger partial charge in [0.15, 0.2) is 0 Å². The highest BCUT2D eigenvalue weighted by atomic mass is 16.2. The Balaban J connectivity index is 2.02. The highest BCUT2D eigenvalue weighted by Gasteiger charge is 2.19. The van der Waals surface area contributed by atoms with Crippen LogP contribution < -0.4 is 16.1 Å². The Kier molecular flexibility index (Phi) is 3.04. The number of amides is 3. The van der Waals surface area contributed by atoms with Crippen LogP contribution in [-0.4, -0.2) is 17.8 Å². The maximum Gasteiger partial charge on any atom is 0.326 e. The molecule has 0 unspecified atom stereocenters. The highest BCUT2D eigenvalue weighted by molar-refractivity contribution is 6.16. The van der Waals surface area contributed by atoms with E-state index in [0.717, 1.165) is 11.3 Å². The lowest BCUT2D eigenvalue weighted by molar-refractivity contribution is -0.119. The monoisotopic (exact) mass is 232 g/mol. The van der Waals surface area contributed by atoms with E-state index in [0.29, 0.717) is 5.84 Å². The Bertz CT molecular complexity index is 461. The fraction of sp³-hybridized carbons (Fsp3) is 0.182. The van der Waals surface area contributed by atoms with Crippen LogP contribution in [-0.2, 0) is 4.79 Å². The zero-order valence-electron chi connectivity index (χ0n) is 9.28. The van der Waals surface area contributed by atoms with E-state index in [9.17, 15) is 9.59 Å². The van der Waals surface area contributed by atoms with Gasteiger partial charge in [0, 0.05) is 0 Å². The van der Waals surface area contributed by atoms with Crippen LogP contribution in [0.5, 0.6) is 0 Å². The summed E-state index contributed by atoms with van der Waals surface area (Å²) in [6.45, 7) is 1.99. The Labute approximate surface area is 98.1 Å². The summed E-state index contributed by atoms with van der Waals surface area (Å²) in [5.74, 6) is -0.0578. The number of nitrogens with zero attached hydrogens (tertiary/aromatic N) is 1. The number of rotatable bonds is 2. The molecule has 88 valence electrons. The van der Waals surface area contributed by atoms with Gasteiger partial charge >= 0.3 is 6.03 Å². The Morgan fingerprint density at radius 1 is 1.18 bits per heavy atom. The van der Waals surface area contributed by atoms with Crippen molar-refractivity contribution in [2.45, 2.75) is 13.3 Å². The summed E-state index contributed by atoms with van der Waals surface area (Å²) < 4.78 is 0. The number of hydrogen-bond donors (Lipinski definition) is 3. The lowest BCUT2D eigenvalue weighted by Crippen LogP contribution is -2.50. The maximum atomic E-state index is 11.1. The highest BCUT2D eigenvalue weighted by Crippen LogP contribution is 2.08. The summed E-state index contributed by atoms with van der Waals surface area (Å²) in [6.07, 6.45) is 0.0601. The second-order valence-corrected chi connectivity index (χ2v) is 3.72. The van der Waals surface area contributed by atoms with Gasteiger partial charge in [-0.25, -0.2) is 4.79 Å². The van der Waals surface area contributed by atoms with Crippen LogP contribution in [0.4, 0.5) is 10.5 Å². The Hall–Kier alpha value is -2.37. The van der Waals surface area contributed by atoms with E-state index in [1.165, 1.54) is 0 Å². The molecule has 0 atom stereocenters. The van der Waals surface area contributed by atoms with Gasteiger partial charge in [-0.2, -0.15) is 5.10 Å². The number of carbonyl (C=O) groups excluding carboxylic acids is 2. The third-order valence-electron chi connectivity index (χ3n) is 2.21. The van der Waals surface area contributed by atoms with Crippen molar-refractivity contribution in [2.24, 2.45) is 5.10 Å². The number of nitrogens with one attached hydrogen (secondary N) is 3. The first-order valence-corrected chi connectivity index (χ1v) is 5.13. The van der Waals surface area contributed by atoms with Crippen LogP contribution >= 0.6 is 0 Å². The number of amidine groups is 1. The van der Waals surface area contributed by atoms with Crippen LogP contribution in [0.25, 0.3) is 0 Å².